The molecule has 7 rings (SSSR count). The third kappa shape index (κ3) is 5.19. The molecule has 0 aliphatic heterocycles. The number of hydrogen-bond donors (Lipinski definition) is 2. The van der Waals surface area contributed by atoms with Gasteiger partial charge in [0.1, 0.15) is 17.1 Å². The molecule has 0 fully saturated rings. The van der Waals surface area contributed by atoms with E-state index in [9.17, 15) is 9.90 Å². The molecule has 0 saturated carbocycles. The van der Waals surface area contributed by atoms with E-state index >= 15 is 0 Å². The van der Waals surface area contributed by atoms with Crippen LogP contribution in [0.25, 0.3) is 11.2 Å². The summed E-state index contributed by atoms with van der Waals surface area (Å²) >= 11 is 1.07. The first-order chi connectivity index (χ1) is 22.0. The van der Waals surface area contributed by atoms with Crippen LogP contribution in [-0.2, 0) is 12.0 Å². The van der Waals surface area contributed by atoms with Crippen molar-refractivity contribution in [2.45, 2.75) is 25.0 Å². The number of benzene rings is 4. The van der Waals surface area contributed by atoms with E-state index in [2.05, 4.69) is 15.0 Å². The Labute approximate surface area is 264 Å². The molecule has 0 radical (unpaired) electrons. The van der Waals surface area contributed by atoms with E-state index in [4.69, 9.17) is 4.74 Å². The summed E-state index contributed by atoms with van der Waals surface area (Å²) in [5, 5.41) is 11.9. The molecule has 0 amide bonds. The van der Waals surface area contributed by atoms with Crippen molar-refractivity contribution in [2.75, 3.05) is 0 Å². The molecule has 0 bridgehead atoms. The van der Waals surface area contributed by atoms with Crippen molar-refractivity contribution in [3.63, 3.8) is 0 Å². The molecule has 0 aliphatic carbocycles. The van der Waals surface area contributed by atoms with Crippen molar-refractivity contribution in [1.29, 1.82) is 0 Å². The van der Waals surface area contributed by atoms with Crippen LogP contribution in [0, 0.1) is 0 Å². The molecule has 0 spiro atoms. The first-order valence-corrected chi connectivity index (χ1v) is 15.5. The maximum atomic E-state index is 14.0. The quantitative estimate of drug-likeness (QED) is 0.166. The van der Waals surface area contributed by atoms with Crippen molar-refractivity contribution in [2.24, 2.45) is 0 Å². The highest BCUT2D eigenvalue weighted by Crippen LogP contribution is 2.43. The normalized spacial score (nSPS) is 12.3. The van der Waals surface area contributed by atoms with Gasteiger partial charge >= 0.3 is 4.87 Å². The Bertz CT molecular complexity index is 1980. The molecule has 0 saturated heterocycles. The largest absolute Gasteiger partial charge is 0.494 e. The molecule has 7 nitrogen and oxygen atoms in total. The summed E-state index contributed by atoms with van der Waals surface area (Å²) in [6.45, 7) is 1.93. The number of ether oxygens (including phenoxy) is 1. The van der Waals surface area contributed by atoms with Gasteiger partial charge in [0, 0.05) is 12.6 Å². The van der Waals surface area contributed by atoms with Gasteiger partial charge in [0.05, 0.1) is 10.4 Å². The van der Waals surface area contributed by atoms with Crippen LogP contribution in [0.5, 0.6) is 11.6 Å². The van der Waals surface area contributed by atoms with Gasteiger partial charge in [0.2, 0.25) is 5.88 Å². The lowest BCUT2D eigenvalue weighted by Gasteiger charge is -2.37. The first-order valence-electron chi connectivity index (χ1n) is 14.7. The van der Waals surface area contributed by atoms with Crippen LogP contribution in [0.1, 0.15) is 46.0 Å². The number of aromatic amines is 1. The monoisotopic (exact) mass is 610 g/mol. The van der Waals surface area contributed by atoms with Crippen LogP contribution < -0.4 is 9.61 Å². The Morgan fingerprint density at radius 3 is 1.96 bits per heavy atom. The standard InChI is InChI=1S/C37H30N4O3S/c1-25(33-39-31-18-11-23-38-34(31)40-33)44-30-21-19-26(20-22-30)24-32-35(42)41(36(43)45-32)37(27-12-5-2-6-13-27,28-14-7-3-8-15-28)29-16-9-4-10-17-29/h2-23,25,42H,24H2,1H3,(H,38,39,40). The van der Waals surface area contributed by atoms with Gasteiger partial charge in [-0.2, -0.15) is 0 Å². The van der Waals surface area contributed by atoms with Gasteiger partial charge < -0.3 is 14.8 Å². The number of rotatable bonds is 9. The predicted molar refractivity (Wildman–Crippen MR) is 177 cm³/mol. The fourth-order valence-corrected chi connectivity index (χ4v) is 6.88. The lowest BCUT2D eigenvalue weighted by Crippen LogP contribution is -2.42. The number of thiazole rings is 1. The molecule has 1 unspecified atom stereocenters. The average Bonchev–Trinajstić information content (AvgIpc) is 3.65. The summed E-state index contributed by atoms with van der Waals surface area (Å²) in [4.78, 5) is 26.4. The highest BCUT2D eigenvalue weighted by molar-refractivity contribution is 7.09. The summed E-state index contributed by atoms with van der Waals surface area (Å²) in [5.74, 6) is 1.34. The molecule has 45 heavy (non-hydrogen) atoms. The van der Waals surface area contributed by atoms with Crippen molar-refractivity contribution >= 4 is 22.5 Å². The lowest BCUT2D eigenvalue weighted by molar-refractivity contribution is 0.218. The van der Waals surface area contributed by atoms with Gasteiger partial charge in [-0.05, 0) is 53.4 Å². The molecule has 2 N–H and O–H groups in total. The van der Waals surface area contributed by atoms with E-state index in [1.165, 1.54) is 0 Å². The molecule has 7 aromatic rings. The molecule has 1 atom stereocenters. The van der Waals surface area contributed by atoms with E-state index < -0.39 is 5.54 Å². The number of hydrogen-bond acceptors (Lipinski definition) is 6. The number of H-pyrrole nitrogens is 1. The Hall–Kier alpha value is -5.47. The zero-order chi connectivity index (χ0) is 30.8. The highest BCUT2D eigenvalue weighted by Gasteiger charge is 2.42. The van der Waals surface area contributed by atoms with E-state index in [-0.39, 0.29) is 16.9 Å². The Balaban J connectivity index is 1.23. The van der Waals surface area contributed by atoms with Crippen LogP contribution in [0.4, 0.5) is 0 Å². The molecule has 4 aromatic carbocycles. The van der Waals surface area contributed by atoms with Gasteiger partial charge in [-0.25, -0.2) is 9.97 Å². The minimum atomic E-state index is -1.08. The van der Waals surface area contributed by atoms with Gasteiger partial charge in [-0.15, -0.1) is 0 Å². The number of nitrogens with zero attached hydrogens (tertiary/aromatic N) is 3. The van der Waals surface area contributed by atoms with Crippen LogP contribution in [0.2, 0.25) is 0 Å². The average molecular weight is 611 g/mol. The second-order valence-corrected chi connectivity index (χ2v) is 11.9. The molecule has 0 aliphatic rings. The van der Waals surface area contributed by atoms with Gasteiger partial charge in [-0.3, -0.25) is 9.36 Å². The molecule has 3 heterocycles. The van der Waals surface area contributed by atoms with Crippen LogP contribution in [-0.4, -0.2) is 24.6 Å². The first kappa shape index (κ1) is 28.3. The number of aromatic hydroxyl groups is 1. The summed E-state index contributed by atoms with van der Waals surface area (Å²) < 4.78 is 7.70. The van der Waals surface area contributed by atoms with Crippen LogP contribution >= 0.6 is 11.3 Å². The minimum absolute atomic E-state index is 0.0472. The van der Waals surface area contributed by atoms with E-state index in [0.29, 0.717) is 28.5 Å². The zero-order valence-electron chi connectivity index (χ0n) is 24.5. The van der Waals surface area contributed by atoms with E-state index in [0.717, 1.165) is 39.1 Å². The zero-order valence-corrected chi connectivity index (χ0v) is 25.3. The van der Waals surface area contributed by atoms with E-state index in [1.54, 1.807) is 10.8 Å². The predicted octanol–water partition coefficient (Wildman–Crippen LogP) is 7.46. The van der Waals surface area contributed by atoms with Gasteiger partial charge in [0.15, 0.2) is 11.8 Å². The molecular weight excluding hydrogens is 580 g/mol. The fourth-order valence-electron chi connectivity index (χ4n) is 5.93. The number of fused-ring (bicyclic) bond motifs is 1. The summed E-state index contributed by atoms with van der Waals surface area (Å²) in [6.07, 6.45) is 1.79. The van der Waals surface area contributed by atoms with Crippen molar-refractivity contribution in [3.05, 3.63) is 176 Å². The van der Waals surface area contributed by atoms with Crippen LogP contribution in [0.15, 0.2) is 138 Å². The second-order valence-electron chi connectivity index (χ2n) is 10.8. The SMILES string of the molecule is CC(Oc1ccc(Cc2sc(=O)n(C(c3ccccc3)(c3ccccc3)c3ccccc3)c2O)cc1)c1nc2ncccc2[nH]1. The maximum absolute atomic E-state index is 14.0. The molecule has 3 aromatic heterocycles. The Morgan fingerprint density at radius 2 is 1.40 bits per heavy atom. The Morgan fingerprint density at radius 1 is 0.822 bits per heavy atom. The van der Waals surface area contributed by atoms with Gasteiger partial charge in [0.25, 0.3) is 0 Å². The summed E-state index contributed by atoms with van der Waals surface area (Å²) in [6, 6.07) is 41.1. The molecular formula is C37H30N4O3S. The number of pyridine rings is 1. The van der Waals surface area contributed by atoms with E-state index in [1.807, 2.05) is 134 Å². The Kier molecular flexibility index (Phi) is 7.49. The number of imidazole rings is 1. The fraction of sp³-hybridized carbons (Fsp3) is 0.108. The molecule has 8 heteroatoms. The minimum Gasteiger partial charge on any atom is -0.494 e. The maximum Gasteiger partial charge on any atom is 0.311 e. The highest BCUT2D eigenvalue weighted by atomic mass is 32.1. The number of aromatic nitrogens is 4. The lowest BCUT2D eigenvalue weighted by atomic mass is 9.76. The van der Waals surface area contributed by atoms with Gasteiger partial charge in [-0.1, -0.05) is 114 Å². The van der Waals surface area contributed by atoms with Crippen molar-refractivity contribution < 1.29 is 9.84 Å². The topological polar surface area (TPSA) is 93.0 Å². The number of nitrogens with one attached hydrogen (secondary N) is 1. The third-order valence-corrected chi connectivity index (χ3v) is 8.96. The smallest absolute Gasteiger partial charge is 0.311 e. The van der Waals surface area contributed by atoms with Crippen LogP contribution in [0.3, 0.4) is 0 Å². The molecule has 222 valence electrons. The summed E-state index contributed by atoms with van der Waals surface area (Å²) in [7, 11) is 0. The third-order valence-electron chi connectivity index (χ3n) is 8.03. The van der Waals surface area contributed by atoms with Crippen molar-refractivity contribution in [1.82, 2.24) is 19.5 Å². The second kappa shape index (κ2) is 11.9. The summed E-state index contributed by atoms with van der Waals surface area (Å²) in [5.41, 5.74) is 4.00. The van der Waals surface area contributed by atoms with Crippen molar-refractivity contribution in [3.8, 4) is 11.6 Å².